The van der Waals surface area contributed by atoms with Crippen molar-refractivity contribution < 1.29 is 14.3 Å². The fourth-order valence-corrected chi connectivity index (χ4v) is 3.87. The second kappa shape index (κ2) is 9.29. The first kappa shape index (κ1) is 21.0. The number of carbonyl (C=O) groups excluding carboxylic acids is 1. The molecule has 0 unspecified atom stereocenters. The van der Waals surface area contributed by atoms with Gasteiger partial charge in [0.25, 0.3) is 0 Å². The van der Waals surface area contributed by atoms with Crippen LogP contribution >= 0.6 is 0 Å². The van der Waals surface area contributed by atoms with E-state index in [9.17, 15) is 4.79 Å². The van der Waals surface area contributed by atoms with Gasteiger partial charge in [-0.3, -0.25) is 14.7 Å². The Kier molecular flexibility index (Phi) is 6.30. The molecule has 0 bridgehead atoms. The van der Waals surface area contributed by atoms with Crippen molar-refractivity contribution in [3.05, 3.63) is 83.0 Å². The lowest BCUT2D eigenvalue weighted by Crippen LogP contribution is -2.38. The molecule has 1 amide bonds. The van der Waals surface area contributed by atoms with Crippen LogP contribution in [0.2, 0.25) is 0 Å². The molecule has 1 saturated heterocycles. The summed E-state index contributed by atoms with van der Waals surface area (Å²) in [5.41, 5.74) is 10.8. The van der Waals surface area contributed by atoms with Crippen molar-refractivity contribution in [2.24, 2.45) is 5.73 Å². The molecule has 1 aliphatic rings. The summed E-state index contributed by atoms with van der Waals surface area (Å²) in [6.07, 6.45) is -0.121. The summed E-state index contributed by atoms with van der Waals surface area (Å²) in [5, 5.41) is 0. The number of hydrogen-bond donors (Lipinski definition) is 1. The van der Waals surface area contributed by atoms with Crippen molar-refractivity contribution in [2.75, 3.05) is 26.8 Å². The third-order valence-corrected chi connectivity index (χ3v) is 5.53. The summed E-state index contributed by atoms with van der Waals surface area (Å²) >= 11 is 0. The topological polar surface area (TPSA) is 77.7 Å². The third kappa shape index (κ3) is 4.93. The van der Waals surface area contributed by atoms with Gasteiger partial charge in [0.2, 0.25) is 5.91 Å². The molecule has 6 nitrogen and oxygen atoms in total. The fourth-order valence-electron chi connectivity index (χ4n) is 3.87. The van der Waals surface area contributed by atoms with Gasteiger partial charge in [-0.25, -0.2) is 0 Å². The van der Waals surface area contributed by atoms with E-state index in [1.54, 1.807) is 19.2 Å². The number of aryl methyl sites for hydroxylation is 1. The van der Waals surface area contributed by atoms with Crippen LogP contribution in [0.1, 0.15) is 33.3 Å². The van der Waals surface area contributed by atoms with Crippen LogP contribution in [0.4, 0.5) is 0 Å². The maximum Gasteiger partial charge on any atom is 0.248 e. The van der Waals surface area contributed by atoms with Crippen LogP contribution in [-0.2, 0) is 11.3 Å². The van der Waals surface area contributed by atoms with Gasteiger partial charge in [0.15, 0.2) is 0 Å². The molecule has 1 aromatic heterocycles. The van der Waals surface area contributed by atoms with E-state index in [2.05, 4.69) is 30.0 Å². The molecule has 6 heteroatoms. The van der Waals surface area contributed by atoms with Crippen molar-refractivity contribution >= 4 is 5.91 Å². The van der Waals surface area contributed by atoms with Gasteiger partial charge in [-0.1, -0.05) is 30.3 Å². The highest BCUT2D eigenvalue weighted by atomic mass is 16.5. The van der Waals surface area contributed by atoms with E-state index in [1.807, 2.05) is 30.3 Å². The van der Waals surface area contributed by atoms with Crippen LogP contribution in [-0.4, -0.2) is 42.6 Å². The Labute approximate surface area is 182 Å². The number of rotatable bonds is 6. The number of primary amides is 1. The molecule has 1 atom stereocenters. The van der Waals surface area contributed by atoms with E-state index >= 15 is 0 Å². The van der Waals surface area contributed by atoms with E-state index in [0.29, 0.717) is 12.2 Å². The number of nitrogens with zero attached hydrogens (tertiary/aromatic N) is 2. The Balaban J connectivity index is 1.52. The number of benzene rings is 2. The zero-order chi connectivity index (χ0) is 21.8. The van der Waals surface area contributed by atoms with Gasteiger partial charge in [-0.15, -0.1) is 0 Å². The molecule has 1 aliphatic heterocycles. The van der Waals surface area contributed by atoms with E-state index in [-0.39, 0.29) is 6.10 Å². The van der Waals surface area contributed by atoms with Crippen LogP contribution < -0.4 is 10.5 Å². The van der Waals surface area contributed by atoms with Gasteiger partial charge in [-0.05, 0) is 42.8 Å². The monoisotopic (exact) mass is 417 g/mol. The number of amides is 1. The minimum absolute atomic E-state index is 0.121. The summed E-state index contributed by atoms with van der Waals surface area (Å²) in [5.74, 6) is 0.466. The highest BCUT2D eigenvalue weighted by Crippen LogP contribution is 2.27. The number of carbonyl (C=O) groups is 1. The molecule has 4 rings (SSSR count). The lowest BCUT2D eigenvalue weighted by molar-refractivity contribution is -0.0351. The van der Waals surface area contributed by atoms with Crippen molar-refractivity contribution in [3.63, 3.8) is 0 Å². The first-order valence-corrected chi connectivity index (χ1v) is 10.4. The standard InChI is InChI=1S/C25H27N3O3/c1-17-9-10-20(23(13-17)30-2)15-28-11-12-31-24(16-28)22-8-4-7-21(27-22)18-5-3-6-19(14-18)25(26)29/h3-10,13-14,24H,11-12,15-16H2,1-2H3,(H2,26,29)/t24-/m1/s1. The van der Waals surface area contributed by atoms with Crippen molar-refractivity contribution in [1.29, 1.82) is 0 Å². The zero-order valence-electron chi connectivity index (χ0n) is 17.9. The molecule has 0 saturated carbocycles. The number of nitrogens with two attached hydrogens (primary N) is 1. The molecular weight excluding hydrogens is 390 g/mol. The highest BCUT2D eigenvalue weighted by molar-refractivity contribution is 5.93. The molecule has 0 radical (unpaired) electrons. The molecular formula is C25H27N3O3. The first-order valence-electron chi connectivity index (χ1n) is 10.4. The van der Waals surface area contributed by atoms with Gasteiger partial charge in [0, 0.05) is 36.3 Å². The molecule has 3 aromatic rings. The van der Waals surface area contributed by atoms with Crippen molar-refractivity contribution in [3.8, 4) is 17.0 Å². The highest BCUT2D eigenvalue weighted by Gasteiger charge is 2.24. The lowest BCUT2D eigenvalue weighted by Gasteiger charge is -2.33. The maximum atomic E-state index is 11.5. The third-order valence-electron chi connectivity index (χ3n) is 5.53. The van der Waals surface area contributed by atoms with Crippen LogP contribution in [0.3, 0.4) is 0 Å². The molecule has 2 aromatic carbocycles. The molecule has 0 spiro atoms. The summed E-state index contributed by atoms with van der Waals surface area (Å²) in [4.78, 5) is 18.7. The molecule has 2 N–H and O–H groups in total. The van der Waals surface area contributed by atoms with E-state index < -0.39 is 5.91 Å². The van der Waals surface area contributed by atoms with Crippen LogP contribution in [0.25, 0.3) is 11.3 Å². The average molecular weight is 418 g/mol. The number of hydrogen-bond acceptors (Lipinski definition) is 5. The largest absolute Gasteiger partial charge is 0.496 e. The van der Waals surface area contributed by atoms with Crippen LogP contribution in [0.15, 0.2) is 60.7 Å². The quantitative estimate of drug-likeness (QED) is 0.661. The van der Waals surface area contributed by atoms with Gasteiger partial charge < -0.3 is 15.2 Å². The van der Waals surface area contributed by atoms with E-state index in [1.165, 1.54) is 11.1 Å². The number of aromatic nitrogens is 1. The molecule has 2 heterocycles. The maximum absolute atomic E-state index is 11.5. The molecule has 31 heavy (non-hydrogen) atoms. The number of ether oxygens (including phenoxy) is 2. The van der Waals surface area contributed by atoms with Crippen molar-refractivity contribution in [1.82, 2.24) is 9.88 Å². The Morgan fingerprint density at radius 2 is 2.03 bits per heavy atom. The molecule has 160 valence electrons. The lowest BCUT2D eigenvalue weighted by atomic mass is 10.1. The normalized spacial score (nSPS) is 16.8. The Hall–Kier alpha value is -3.22. The fraction of sp³-hybridized carbons (Fsp3) is 0.280. The summed E-state index contributed by atoms with van der Waals surface area (Å²) < 4.78 is 11.6. The zero-order valence-corrected chi connectivity index (χ0v) is 17.9. The number of methoxy groups -OCH3 is 1. The Morgan fingerprint density at radius 3 is 2.84 bits per heavy atom. The summed E-state index contributed by atoms with van der Waals surface area (Å²) in [6, 6.07) is 19.4. The second-order valence-corrected chi connectivity index (χ2v) is 7.80. The van der Waals surface area contributed by atoms with Gasteiger partial charge >= 0.3 is 0 Å². The Morgan fingerprint density at radius 1 is 1.19 bits per heavy atom. The average Bonchev–Trinajstić information content (AvgIpc) is 2.80. The predicted octanol–water partition coefficient (Wildman–Crippen LogP) is 3.74. The van der Waals surface area contributed by atoms with Gasteiger partial charge in [0.1, 0.15) is 11.9 Å². The van der Waals surface area contributed by atoms with Gasteiger partial charge in [0.05, 0.1) is 25.1 Å². The molecule has 0 aliphatic carbocycles. The van der Waals surface area contributed by atoms with Gasteiger partial charge in [-0.2, -0.15) is 0 Å². The van der Waals surface area contributed by atoms with Crippen LogP contribution in [0, 0.1) is 6.92 Å². The van der Waals surface area contributed by atoms with Crippen LogP contribution in [0.5, 0.6) is 5.75 Å². The van der Waals surface area contributed by atoms with Crippen molar-refractivity contribution in [2.45, 2.75) is 19.6 Å². The minimum atomic E-state index is -0.448. The number of morpholine rings is 1. The summed E-state index contributed by atoms with van der Waals surface area (Å²) in [6.45, 7) is 5.10. The number of pyridine rings is 1. The summed E-state index contributed by atoms with van der Waals surface area (Å²) in [7, 11) is 1.71. The predicted molar refractivity (Wildman–Crippen MR) is 120 cm³/mol. The second-order valence-electron chi connectivity index (χ2n) is 7.80. The van der Waals surface area contributed by atoms with E-state index in [4.69, 9.17) is 20.2 Å². The van der Waals surface area contributed by atoms with E-state index in [0.717, 1.165) is 42.3 Å². The minimum Gasteiger partial charge on any atom is -0.496 e. The smallest absolute Gasteiger partial charge is 0.248 e. The first-order chi connectivity index (χ1) is 15.0. The SMILES string of the molecule is COc1cc(C)ccc1CN1CCO[C@@H](c2cccc(-c3cccc(C(N)=O)c3)n2)C1. The molecule has 1 fully saturated rings. The Bertz CT molecular complexity index is 1080.